The van der Waals surface area contributed by atoms with Gasteiger partial charge >= 0.3 is 0 Å². The molecule has 9 heteroatoms. The molecule has 0 aliphatic carbocycles. The Balaban J connectivity index is 1.42. The van der Waals surface area contributed by atoms with Crippen LogP contribution in [-0.2, 0) is 16.1 Å². The molecule has 0 bridgehead atoms. The second-order valence-electron chi connectivity index (χ2n) is 7.44. The summed E-state index contributed by atoms with van der Waals surface area (Å²) in [6.07, 6.45) is 1.83. The second-order valence-corrected chi connectivity index (χ2v) is 7.44. The molecule has 0 unspecified atom stereocenters. The Morgan fingerprint density at radius 1 is 1.34 bits per heavy atom. The summed E-state index contributed by atoms with van der Waals surface area (Å²) in [6, 6.07) is 7.92. The summed E-state index contributed by atoms with van der Waals surface area (Å²) in [5, 5.41) is 6.43. The molecule has 2 aliphatic rings. The number of amides is 1. The highest BCUT2D eigenvalue weighted by atomic mass is 16.5. The molecule has 3 heterocycles. The van der Waals surface area contributed by atoms with Gasteiger partial charge in [0.05, 0.1) is 17.8 Å². The van der Waals surface area contributed by atoms with Crippen molar-refractivity contribution in [3.8, 4) is 5.75 Å². The van der Waals surface area contributed by atoms with E-state index in [0.717, 1.165) is 24.5 Å². The number of benzene rings is 1. The van der Waals surface area contributed by atoms with Crippen LogP contribution in [0.5, 0.6) is 5.75 Å². The van der Waals surface area contributed by atoms with E-state index in [4.69, 9.17) is 9.47 Å². The SMILES string of the molecule is CO[C@@H]1CN(c2ccnc(N(C)C)n2)C[C@@H]1NCc1ccc2c(c1)NC(=O)CO2. The van der Waals surface area contributed by atoms with Crippen molar-refractivity contribution in [1.29, 1.82) is 0 Å². The number of rotatable bonds is 6. The maximum absolute atomic E-state index is 11.5. The molecule has 154 valence electrons. The third kappa shape index (κ3) is 4.25. The Morgan fingerprint density at radius 3 is 3.00 bits per heavy atom. The predicted molar refractivity (Wildman–Crippen MR) is 111 cm³/mol. The number of carbonyl (C=O) groups is 1. The van der Waals surface area contributed by atoms with Crippen LogP contribution in [0.3, 0.4) is 0 Å². The first-order valence-electron chi connectivity index (χ1n) is 9.60. The van der Waals surface area contributed by atoms with Crippen LogP contribution < -0.4 is 25.2 Å². The highest BCUT2D eigenvalue weighted by Crippen LogP contribution is 2.28. The van der Waals surface area contributed by atoms with E-state index >= 15 is 0 Å². The zero-order valence-electron chi connectivity index (χ0n) is 16.9. The lowest BCUT2D eigenvalue weighted by Gasteiger charge is -2.21. The smallest absolute Gasteiger partial charge is 0.262 e. The zero-order valence-corrected chi connectivity index (χ0v) is 16.9. The molecule has 29 heavy (non-hydrogen) atoms. The average molecular weight is 398 g/mol. The standard InChI is InChI=1S/C20H26N6O3/c1-25(2)20-21-7-6-18(24-20)26-10-15(17(11-26)28-3)22-9-13-4-5-16-14(8-13)23-19(27)12-29-16/h4-8,15,17,22H,9-12H2,1-3H3,(H,23,27)/t15-,17+/m0/s1. The van der Waals surface area contributed by atoms with E-state index in [1.54, 1.807) is 13.3 Å². The van der Waals surface area contributed by atoms with Crippen LogP contribution in [0.1, 0.15) is 5.56 Å². The van der Waals surface area contributed by atoms with Crippen molar-refractivity contribution in [3.05, 3.63) is 36.0 Å². The maximum atomic E-state index is 11.5. The van der Waals surface area contributed by atoms with Crippen LogP contribution in [0.2, 0.25) is 0 Å². The van der Waals surface area contributed by atoms with E-state index in [2.05, 4.69) is 25.5 Å². The lowest BCUT2D eigenvalue weighted by molar-refractivity contribution is -0.118. The molecule has 1 fully saturated rings. The van der Waals surface area contributed by atoms with Crippen molar-refractivity contribution in [2.24, 2.45) is 0 Å². The molecule has 4 rings (SSSR count). The van der Waals surface area contributed by atoms with Gasteiger partial charge < -0.3 is 29.9 Å². The fourth-order valence-electron chi connectivity index (χ4n) is 3.62. The third-order valence-corrected chi connectivity index (χ3v) is 5.17. The summed E-state index contributed by atoms with van der Waals surface area (Å²) in [6.45, 7) is 2.27. The number of nitrogens with zero attached hydrogens (tertiary/aromatic N) is 4. The molecule has 0 saturated carbocycles. The predicted octanol–water partition coefficient (Wildman–Crippen LogP) is 0.867. The van der Waals surface area contributed by atoms with Gasteiger partial charge in [-0.05, 0) is 23.8 Å². The fourth-order valence-corrected chi connectivity index (χ4v) is 3.62. The Kier molecular flexibility index (Phi) is 5.50. The summed E-state index contributed by atoms with van der Waals surface area (Å²) < 4.78 is 11.1. The maximum Gasteiger partial charge on any atom is 0.262 e. The zero-order chi connectivity index (χ0) is 20.4. The van der Waals surface area contributed by atoms with Crippen molar-refractivity contribution < 1.29 is 14.3 Å². The molecule has 1 saturated heterocycles. The largest absolute Gasteiger partial charge is 0.482 e. The number of fused-ring (bicyclic) bond motifs is 1. The summed E-state index contributed by atoms with van der Waals surface area (Å²) in [5.74, 6) is 2.15. The van der Waals surface area contributed by atoms with Crippen LogP contribution in [0, 0.1) is 0 Å². The van der Waals surface area contributed by atoms with Crippen LogP contribution in [-0.4, -0.2) is 68.9 Å². The highest BCUT2D eigenvalue weighted by Gasteiger charge is 2.33. The molecule has 1 aromatic heterocycles. The topological polar surface area (TPSA) is 91.9 Å². The summed E-state index contributed by atoms with van der Waals surface area (Å²) in [7, 11) is 5.59. The van der Waals surface area contributed by atoms with Crippen molar-refractivity contribution in [2.45, 2.75) is 18.7 Å². The second kappa shape index (κ2) is 8.22. The van der Waals surface area contributed by atoms with Gasteiger partial charge in [-0.3, -0.25) is 4.79 Å². The Hall–Kier alpha value is -2.91. The highest BCUT2D eigenvalue weighted by molar-refractivity contribution is 5.95. The van der Waals surface area contributed by atoms with Crippen LogP contribution in [0.4, 0.5) is 17.5 Å². The number of hydrogen-bond acceptors (Lipinski definition) is 8. The average Bonchev–Trinajstić information content (AvgIpc) is 3.15. The number of methoxy groups -OCH3 is 1. The summed E-state index contributed by atoms with van der Waals surface area (Å²) >= 11 is 0. The Bertz CT molecular complexity index is 890. The minimum Gasteiger partial charge on any atom is -0.482 e. The lowest BCUT2D eigenvalue weighted by atomic mass is 10.1. The van der Waals surface area contributed by atoms with Gasteiger partial charge in [0.1, 0.15) is 11.6 Å². The lowest BCUT2D eigenvalue weighted by Crippen LogP contribution is -2.39. The van der Waals surface area contributed by atoms with Crippen molar-refractivity contribution >= 4 is 23.4 Å². The van der Waals surface area contributed by atoms with Crippen molar-refractivity contribution in [1.82, 2.24) is 15.3 Å². The van der Waals surface area contributed by atoms with E-state index in [1.807, 2.05) is 43.3 Å². The van der Waals surface area contributed by atoms with Crippen LogP contribution in [0.25, 0.3) is 0 Å². The van der Waals surface area contributed by atoms with Gasteiger partial charge in [-0.2, -0.15) is 4.98 Å². The molecule has 0 spiro atoms. The Labute approximate surface area is 170 Å². The van der Waals surface area contributed by atoms with Gasteiger partial charge in [-0.15, -0.1) is 0 Å². The number of hydrogen-bond donors (Lipinski definition) is 2. The van der Waals surface area contributed by atoms with Crippen molar-refractivity contribution in [2.75, 3.05) is 56.0 Å². The number of nitrogens with one attached hydrogen (secondary N) is 2. The van der Waals surface area contributed by atoms with Gasteiger partial charge in [-0.1, -0.05) is 6.07 Å². The minimum absolute atomic E-state index is 0.0495. The van der Waals surface area contributed by atoms with Gasteiger partial charge in [0.2, 0.25) is 5.95 Å². The Morgan fingerprint density at radius 2 is 2.21 bits per heavy atom. The molecule has 2 aromatic rings. The summed E-state index contributed by atoms with van der Waals surface area (Å²) in [5.41, 5.74) is 1.79. The van der Waals surface area contributed by atoms with E-state index in [0.29, 0.717) is 23.9 Å². The van der Waals surface area contributed by atoms with Crippen LogP contribution in [0.15, 0.2) is 30.5 Å². The molecular weight excluding hydrogens is 372 g/mol. The normalized spacial score (nSPS) is 20.8. The summed E-state index contributed by atoms with van der Waals surface area (Å²) in [4.78, 5) is 24.6. The van der Waals surface area contributed by atoms with Gasteiger partial charge in [0, 0.05) is 47.0 Å². The van der Waals surface area contributed by atoms with Gasteiger partial charge in [0.15, 0.2) is 6.61 Å². The first kappa shape index (κ1) is 19.4. The number of ether oxygens (including phenoxy) is 2. The molecule has 1 aromatic carbocycles. The minimum atomic E-state index is -0.129. The first-order valence-corrected chi connectivity index (χ1v) is 9.60. The quantitative estimate of drug-likeness (QED) is 0.741. The van der Waals surface area contributed by atoms with E-state index in [1.165, 1.54) is 0 Å². The number of anilines is 3. The molecule has 9 nitrogen and oxygen atoms in total. The number of carbonyl (C=O) groups excluding carboxylic acids is 1. The van der Waals surface area contributed by atoms with E-state index < -0.39 is 0 Å². The van der Waals surface area contributed by atoms with Gasteiger partial charge in [-0.25, -0.2) is 4.98 Å². The van der Waals surface area contributed by atoms with E-state index in [-0.39, 0.29) is 24.7 Å². The number of aromatic nitrogens is 2. The molecule has 2 aliphatic heterocycles. The van der Waals surface area contributed by atoms with E-state index in [9.17, 15) is 4.79 Å². The van der Waals surface area contributed by atoms with Crippen molar-refractivity contribution in [3.63, 3.8) is 0 Å². The molecule has 1 amide bonds. The van der Waals surface area contributed by atoms with Crippen LogP contribution >= 0.6 is 0 Å². The molecule has 2 atom stereocenters. The molecular formula is C20H26N6O3. The fraction of sp³-hybridized carbons (Fsp3) is 0.450. The molecule has 2 N–H and O–H groups in total. The molecule has 0 radical (unpaired) electrons. The third-order valence-electron chi connectivity index (χ3n) is 5.17. The monoisotopic (exact) mass is 398 g/mol. The van der Waals surface area contributed by atoms with Gasteiger partial charge in [0.25, 0.3) is 5.91 Å². The first-order chi connectivity index (χ1) is 14.0.